The lowest BCUT2D eigenvalue weighted by molar-refractivity contribution is 0.0725. The van der Waals surface area contributed by atoms with E-state index in [1.165, 1.54) is 6.07 Å². The molecule has 76 valence electrons. The van der Waals surface area contributed by atoms with E-state index in [2.05, 4.69) is 15.0 Å². The number of piperazine rings is 1. The Morgan fingerprint density at radius 2 is 2.29 bits per heavy atom. The minimum absolute atomic E-state index is 0.123. The summed E-state index contributed by atoms with van der Waals surface area (Å²) in [5.74, 6) is -0.123. The molecule has 0 bridgehead atoms. The standard InChI is InChI=1S/C8H10ClN3O2/c9-7-5-6(11-14-7)8(13)12-3-1-10-2-4-12/h5,10H,1-4H2. The second-order valence-electron chi connectivity index (χ2n) is 3.06. The zero-order valence-electron chi connectivity index (χ0n) is 7.49. The van der Waals surface area contributed by atoms with Gasteiger partial charge in [-0.15, -0.1) is 0 Å². The Morgan fingerprint density at radius 1 is 1.57 bits per heavy atom. The van der Waals surface area contributed by atoms with Crippen molar-refractivity contribution in [2.75, 3.05) is 26.2 Å². The van der Waals surface area contributed by atoms with Crippen molar-refractivity contribution >= 4 is 17.5 Å². The van der Waals surface area contributed by atoms with Gasteiger partial charge in [-0.05, 0) is 11.6 Å². The first-order chi connectivity index (χ1) is 6.77. The van der Waals surface area contributed by atoms with Crippen LogP contribution in [0.3, 0.4) is 0 Å². The number of rotatable bonds is 1. The molecule has 5 nitrogen and oxygen atoms in total. The number of nitrogens with one attached hydrogen (secondary N) is 1. The molecule has 0 saturated carbocycles. The van der Waals surface area contributed by atoms with Gasteiger partial charge in [-0.3, -0.25) is 4.79 Å². The van der Waals surface area contributed by atoms with E-state index in [-0.39, 0.29) is 16.8 Å². The van der Waals surface area contributed by atoms with Gasteiger partial charge < -0.3 is 14.7 Å². The SMILES string of the molecule is O=C(c1cc(Cl)on1)N1CCNCC1. The van der Waals surface area contributed by atoms with E-state index in [0.29, 0.717) is 13.1 Å². The number of carbonyl (C=O) groups excluding carboxylic acids is 1. The molecular formula is C8H10ClN3O2. The second kappa shape index (κ2) is 3.98. The van der Waals surface area contributed by atoms with Crippen molar-refractivity contribution < 1.29 is 9.32 Å². The summed E-state index contributed by atoms with van der Waals surface area (Å²) in [7, 11) is 0. The molecule has 0 spiro atoms. The van der Waals surface area contributed by atoms with E-state index in [9.17, 15) is 4.79 Å². The van der Waals surface area contributed by atoms with Crippen molar-refractivity contribution in [1.29, 1.82) is 0 Å². The van der Waals surface area contributed by atoms with Gasteiger partial charge in [0.1, 0.15) is 0 Å². The van der Waals surface area contributed by atoms with Crippen LogP contribution in [0.5, 0.6) is 0 Å². The maximum atomic E-state index is 11.7. The highest BCUT2D eigenvalue weighted by molar-refractivity contribution is 6.29. The van der Waals surface area contributed by atoms with Crippen LogP contribution < -0.4 is 5.32 Å². The largest absolute Gasteiger partial charge is 0.344 e. The maximum Gasteiger partial charge on any atom is 0.276 e. The fraction of sp³-hybridized carbons (Fsp3) is 0.500. The molecule has 0 aliphatic carbocycles. The Labute approximate surface area is 86.0 Å². The zero-order chi connectivity index (χ0) is 9.97. The fourth-order valence-corrected chi connectivity index (χ4v) is 1.52. The number of nitrogens with zero attached hydrogens (tertiary/aromatic N) is 2. The maximum absolute atomic E-state index is 11.7. The van der Waals surface area contributed by atoms with E-state index >= 15 is 0 Å². The smallest absolute Gasteiger partial charge is 0.276 e. The number of aromatic nitrogens is 1. The van der Waals surface area contributed by atoms with Gasteiger partial charge >= 0.3 is 0 Å². The van der Waals surface area contributed by atoms with E-state index in [4.69, 9.17) is 11.6 Å². The molecule has 1 N–H and O–H groups in total. The molecule has 0 atom stereocenters. The van der Waals surface area contributed by atoms with Crippen LogP contribution >= 0.6 is 11.6 Å². The molecule has 14 heavy (non-hydrogen) atoms. The van der Waals surface area contributed by atoms with Crippen LogP contribution in [0.25, 0.3) is 0 Å². The van der Waals surface area contributed by atoms with Gasteiger partial charge in [-0.25, -0.2) is 0 Å². The van der Waals surface area contributed by atoms with E-state index in [1.807, 2.05) is 0 Å². The van der Waals surface area contributed by atoms with E-state index < -0.39 is 0 Å². The minimum Gasteiger partial charge on any atom is -0.344 e. The summed E-state index contributed by atoms with van der Waals surface area (Å²) in [5, 5.41) is 6.88. The van der Waals surface area contributed by atoms with Crippen molar-refractivity contribution in [2.45, 2.75) is 0 Å². The fourth-order valence-electron chi connectivity index (χ4n) is 1.38. The summed E-state index contributed by atoms with van der Waals surface area (Å²) in [5.41, 5.74) is 0.275. The Morgan fingerprint density at radius 3 is 2.86 bits per heavy atom. The Kier molecular flexibility index (Phi) is 2.69. The predicted octanol–water partition coefficient (Wildman–Crippen LogP) is 0.373. The molecule has 1 aromatic rings. The molecule has 0 aromatic carbocycles. The molecule has 1 fully saturated rings. The molecule has 0 unspecified atom stereocenters. The lowest BCUT2D eigenvalue weighted by atomic mass is 10.3. The van der Waals surface area contributed by atoms with Gasteiger partial charge in [0.25, 0.3) is 5.91 Å². The van der Waals surface area contributed by atoms with Crippen LogP contribution in [0.4, 0.5) is 0 Å². The molecule has 1 aliphatic heterocycles. The summed E-state index contributed by atoms with van der Waals surface area (Å²) in [6, 6.07) is 1.44. The molecule has 1 saturated heterocycles. The molecule has 6 heteroatoms. The molecule has 2 heterocycles. The Hall–Kier alpha value is -1.07. The van der Waals surface area contributed by atoms with E-state index in [1.54, 1.807) is 4.90 Å². The summed E-state index contributed by atoms with van der Waals surface area (Å²) < 4.78 is 4.63. The van der Waals surface area contributed by atoms with Crippen LogP contribution in [0.2, 0.25) is 5.22 Å². The summed E-state index contributed by atoms with van der Waals surface area (Å²) in [6.45, 7) is 3.03. The highest BCUT2D eigenvalue weighted by Gasteiger charge is 2.20. The average molecular weight is 216 g/mol. The van der Waals surface area contributed by atoms with Crippen LogP contribution in [0.15, 0.2) is 10.6 Å². The summed E-state index contributed by atoms with van der Waals surface area (Å²) >= 11 is 5.53. The van der Waals surface area contributed by atoms with Gasteiger partial charge in [-0.2, -0.15) is 0 Å². The number of amides is 1. The van der Waals surface area contributed by atoms with Crippen molar-refractivity contribution in [3.8, 4) is 0 Å². The first-order valence-electron chi connectivity index (χ1n) is 4.39. The average Bonchev–Trinajstić information content (AvgIpc) is 2.65. The molecule has 0 radical (unpaired) electrons. The van der Waals surface area contributed by atoms with Gasteiger partial charge in [-0.1, -0.05) is 5.16 Å². The topological polar surface area (TPSA) is 58.4 Å². The summed E-state index contributed by atoms with van der Waals surface area (Å²) in [6.07, 6.45) is 0. The Bertz CT molecular complexity index is 333. The quantitative estimate of drug-likeness (QED) is 0.736. The molecule has 1 aromatic heterocycles. The second-order valence-corrected chi connectivity index (χ2v) is 3.43. The first-order valence-corrected chi connectivity index (χ1v) is 4.77. The number of halogens is 1. The number of hydrogen-bond donors (Lipinski definition) is 1. The summed E-state index contributed by atoms with van der Waals surface area (Å²) in [4.78, 5) is 13.5. The van der Waals surface area contributed by atoms with E-state index in [0.717, 1.165) is 13.1 Å². The van der Waals surface area contributed by atoms with Gasteiger partial charge in [0.05, 0.1) is 0 Å². The molecule has 2 rings (SSSR count). The van der Waals surface area contributed by atoms with Crippen LogP contribution in [0, 0.1) is 0 Å². The van der Waals surface area contributed by atoms with Crippen molar-refractivity contribution in [3.63, 3.8) is 0 Å². The van der Waals surface area contributed by atoms with Crippen molar-refractivity contribution in [1.82, 2.24) is 15.4 Å². The van der Waals surface area contributed by atoms with Crippen LogP contribution in [-0.2, 0) is 0 Å². The highest BCUT2D eigenvalue weighted by atomic mass is 35.5. The number of carbonyl (C=O) groups is 1. The third-order valence-electron chi connectivity index (χ3n) is 2.10. The molecular weight excluding hydrogens is 206 g/mol. The minimum atomic E-state index is -0.123. The predicted molar refractivity (Wildman–Crippen MR) is 50.3 cm³/mol. The lowest BCUT2D eigenvalue weighted by Crippen LogP contribution is -2.46. The Balaban J connectivity index is 2.07. The number of hydrogen-bond acceptors (Lipinski definition) is 4. The monoisotopic (exact) mass is 215 g/mol. The van der Waals surface area contributed by atoms with Crippen LogP contribution in [-0.4, -0.2) is 42.1 Å². The van der Waals surface area contributed by atoms with Crippen molar-refractivity contribution in [3.05, 3.63) is 17.0 Å². The third kappa shape index (κ3) is 1.88. The lowest BCUT2D eigenvalue weighted by Gasteiger charge is -2.26. The highest BCUT2D eigenvalue weighted by Crippen LogP contribution is 2.11. The van der Waals surface area contributed by atoms with Gasteiger partial charge in [0.15, 0.2) is 5.69 Å². The van der Waals surface area contributed by atoms with Crippen LogP contribution in [0.1, 0.15) is 10.5 Å². The zero-order valence-corrected chi connectivity index (χ0v) is 8.25. The first kappa shape index (κ1) is 9.48. The van der Waals surface area contributed by atoms with Gasteiger partial charge in [0, 0.05) is 32.2 Å². The van der Waals surface area contributed by atoms with Crippen molar-refractivity contribution in [2.24, 2.45) is 0 Å². The normalized spacial score (nSPS) is 17.1. The van der Waals surface area contributed by atoms with Gasteiger partial charge in [0.2, 0.25) is 5.22 Å². The third-order valence-corrected chi connectivity index (χ3v) is 2.28. The molecule has 1 aliphatic rings. The molecule has 1 amide bonds.